The van der Waals surface area contributed by atoms with Crippen LogP contribution in [0.4, 0.5) is 5.13 Å². The Hall–Kier alpha value is -3.06. The number of thiazole rings is 1. The largest absolute Gasteiger partial charge is 0.281 e. The van der Waals surface area contributed by atoms with Crippen molar-refractivity contribution in [2.45, 2.75) is 32.2 Å². The average Bonchev–Trinajstić information content (AvgIpc) is 3.37. The van der Waals surface area contributed by atoms with Crippen LogP contribution in [0.25, 0.3) is 6.08 Å². The van der Waals surface area contributed by atoms with Crippen LogP contribution in [0.1, 0.15) is 34.7 Å². The fourth-order valence-corrected chi connectivity index (χ4v) is 4.49. The third-order valence-electron chi connectivity index (χ3n) is 4.78. The van der Waals surface area contributed by atoms with Gasteiger partial charge in [-0.3, -0.25) is 9.69 Å². The Morgan fingerprint density at radius 3 is 2.86 bits per heavy atom. The zero-order valence-electron chi connectivity index (χ0n) is 16.2. The highest BCUT2D eigenvalue weighted by Gasteiger charge is 2.21. The van der Waals surface area contributed by atoms with Crippen molar-refractivity contribution in [3.8, 4) is 0 Å². The second-order valence-corrected chi connectivity index (χ2v) is 8.03. The molecular weight excluding hydrogens is 382 g/mol. The van der Waals surface area contributed by atoms with E-state index in [1.165, 1.54) is 23.8 Å². The van der Waals surface area contributed by atoms with Gasteiger partial charge in [0.15, 0.2) is 5.13 Å². The van der Waals surface area contributed by atoms with Crippen LogP contribution in [0.5, 0.6) is 0 Å². The molecule has 2 heterocycles. The van der Waals surface area contributed by atoms with Crippen LogP contribution in [0.2, 0.25) is 0 Å². The summed E-state index contributed by atoms with van der Waals surface area (Å²) < 4.78 is 1.76. The van der Waals surface area contributed by atoms with Crippen molar-refractivity contribution in [1.82, 2.24) is 20.0 Å². The van der Waals surface area contributed by atoms with Crippen molar-refractivity contribution in [3.63, 3.8) is 0 Å². The van der Waals surface area contributed by atoms with Gasteiger partial charge >= 0.3 is 0 Å². The number of aromatic nitrogens is 4. The second kappa shape index (κ2) is 8.96. The number of carbonyl (C=O) groups excluding carboxylic acids is 1. The molecule has 4 rings (SSSR count). The van der Waals surface area contributed by atoms with Gasteiger partial charge in [-0.15, -0.1) is 23.0 Å². The maximum Gasteiger partial charge on any atom is 0.253 e. The summed E-state index contributed by atoms with van der Waals surface area (Å²) in [5.74, 6) is -0.131. The molecule has 2 aromatic heterocycles. The summed E-state index contributed by atoms with van der Waals surface area (Å²) >= 11 is 1.62. The summed E-state index contributed by atoms with van der Waals surface area (Å²) in [5, 5.41) is 9.02. The van der Waals surface area contributed by atoms with Gasteiger partial charge in [-0.25, -0.2) is 9.67 Å². The molecule has 1 aliphatic carbocycles. The molecule has 29 heavy (non-hydrogen) atoms. The van der Waals surface area contributed by atoms with Crippen molar-refractivity contribution >= 4 is 28.5 Å². The van der Waals surface area contributed by atoms with E-state index >= 15 is 0 Å². The molecule has 1 aromatic carbocycles. The molecule has 7 heteroatoms. The number of hydrogen-bond donors (Lipinski definition) is 0. The predicted octanol–water partition coefficient (Wildman–Crippen LogP) is 3.89. The molecular formula is C22H23N5OS. The number of anilines is 1. The summed E-state index contributed by atoms with van der Waals surface area (Å²) in [6.45, 7) is 4.85. The number of rotatable bonds is 7. The third-order valence-corrected chi connectivity index (χ3v) is 5.96. The molecule has 0 bridgehead atoms. The summed E-state index contributed by atoms with van der Waals surface area (Å²) in [5.41, 5.74) is 2.94. The van der Waals surface area contributed by atoms with E-state index in [0.29, 0.717) is 18.8 Å². The smallest absolute Gasteiger partial charge is 0.253 e. The Bertz CT molecular complexity index is 998. The Kier molecular flexibility index (Phi) is 5.95. The highest BCUT2D eigenvalue weighted by molar-refractivity contribution is 7.16. The first kappa shape index (κ1) is 19.3. The van der Waals surface area contributed by atoms with Crippen molar-refractivity contribution < 1.29 is 4.79 Å². The Balaban J connectivity index is 1.45. The van der Waals surface area contributed by atoms with Crippen LogP contribution in [0.15, 0.2) is 55.3 Å². The van der Waals surface area contributed by atoms with Crippen LogP contribution in [0, 0.1) is 0 Å². The lowest BCUT2D eigenvalue weighted by atomic mass is 10.0. The molecule has 1 aliphatic rings. The fourth-order valence-electron chi connectivity index (χ4n) is 3.33. The quantitative estimate of drug-likeness (QED) is 0.442. The first-order chi connectivity index (χ1) is 14.2. The lowest BCUT2D eigenvalue weighted by Gasteiger charge is -2.15. The van der Waals surface area contributed by atoms with Gasteiger partial charge in [-0.05, 0) is 37.3 Å². The van der Waals surface area contributed by atoms with Gasteiger partial charge < -0.3 is 0 Å². The highest BCUT2D eigenvalue weighted by Crippen LogP contribution is 2.32. The van der Waals surface area contributed by atoms with E-state index in [4.69, 9.17) is 4.98 Å². The molecule has 0 radical (unpaired) electrons. The van der Waals surface area contributed by atoms with Gasteiger partial charge in [0.1, 0.15) is 5.69 Å². The normalized spacial score (nSPS) is 13.4. The monoisotopic (exact) mass is 405 g/mol. The molecule has 0 fully saturated rings. The van der Waals surface area contributed by atoms with E-state index < -0.39 is 0 Å². The molecule has 0 N–H and O–H groups in total. The summed E-state index contributed by atoms with van der Waals surface area (Å²) in [4.78, 5) is 20.5. The summed E-state index contributed by atoms with van der Waals surface area (Å²) in [6, 6.07) is 10.1. The average molecular weight is 406 g/mol. The van der Waals surface area contributed by atoms with Crippen molar-refractivity contribution in [3.05, 3.63) is 77.1 Å². The molecule has 6 nitrogen and oxygen atoms in total. The van der Waals surface area contributed by atoms with Crippen molar-refractivity contribution in [2.24, 2.45) is 0 Å². The first-order valence-electron chi connectivity index (χ1n) is 9.76. The Labute approximate surface area is 174 Å². The standard InChI is InChI=1S/C22H23N5OS/c1-2-14-27(22-23-19-10-6-7-11-20(19)29-22)21(28)13-12-18-16-26(25-24-18)15-17-8-4-3-5-9-17/h2-5,8-9,12-13,16H,1,6-7,10-11,14-15H2. The molecule has 1 amide bonds. The number of carbonyl (C=O) groups is 1. The minimum atomic E-state index is -0.131. The number of aryl methyl sites for hydroxylation is 2. The molecule has 0 unspecified atom stereocenters. The van der Waals surface area contributed by atoms with Crippen LogP contribution < -0.4 is 4.90 Å². The number of amides is 1. The lowest BCUT2D eigenvalue weighted by molar-refractivity contribution is -0.114. The second-order valence-electron chi connectivity index (χ2n) is 6.97. The zero-order chi connectivity index (χ0) is 20.1. The SMILES string of the molecule is C=CCN(C(=O)C=Cc1cn(Cc2ccccc2)nn1)c1nc2c(s1)CCCC2. The topological polar surface area (TPSA) is 63.9 Å². The number of benzene rings is 1. The van der Waals surface area contributed by atoms with Gasteiger partial charge in [0.25, 0.3) is 5.91 Å². The maximum atomic E-state index is 12.8. The van der Waals surface area contributed by atoms with Crippen molar-refractivity contribution in [2.75, 3.05) is 11.4 Å². The first-order valence-corrected chi connectivity index (χ1v) is 10.6. The van der Waals surface area contributed by atoms with E-state index in [-0.39, 0.29) is 5.91 Å². The molecule has 0 spiro atoms. The van der Waals surface area contributed by atoms with Gasteiger partial charge in [-0.2, -0.15) is 0 Å². The minimum absolute atomic E-state index is 0.131. The molecule has 3 aromatic rings. The predicted molar refractivity (Wildman–Crippen MR) is 116 cm³/mol. The van der Waals surface area contributed by atoms with E-state index in [1.54, 1.807) is 33.1 Å². The van der Waals surface area contributed by atoms with Gasteiger partial charge in [0.2, 0.25) is 0 Å². The minimum Gasteiger partial charge on any atom is -0.281 e. The van der Waals surface area contributed by atoms with Crippen LogP contribution >= 0.6 is 11.3 Å². The molecule has 0 saturated heterocycles. The number of hydrogen-bond acceptors (Lipinski definition) is 5. The molecule has 0 aliphatic heterocycles. The van der Waals surface area contributed by atoms with E-state index in [1.807, 2.05) is 36.5 Å². The van der Waals surface area contributed by atoms with Crippen LogP contribution in [-0.4, -0.2) is 32.4 Å². The zero-order valence-corrected chi connectivity index (χ0v) is 17.0. The Morgan fingerprint density at radius 2 is 2.07 bits per heavy atom. The molecule has 0 saturated carbocycles. The fraction of sp³-hybridized carbons (Fsp3) is 0.273. The third kappa shape index (κ3) is 4.68. The molecule has 0 atom stereocenters. The molecule has 148 valence electrons. The maximum absolute atomic E-state index is 12.8. The highest BCUT2D eigenvalue weighted by atomic mass is 32.1. The van der Waals surface area contributed by atoms with Gasteiger partial charge in [-0.1, -0.05) is 41.6 Å². The van der Waals surface area contributed by atoms with E-state index in [9.17, 15) is 4.79 Å². The Morgan fingerprint density at radius 1 is 1.24 bits per heavy atom. The lowest BCUT2D eigenvalue weighted by Crippen LogP contribution is -2.29. The summed E-state index contributed by atoms with van der Waals surface area (Å²) in [7, 11) is 0. The van der Waals surface area contributed by atoms with Crippen molar-refractivity contribution in [1.29, 1.82) is 0 Å². The number of nitrogens with zero attached hydrogens (tertiary/aromatic N) is 5. The van der Waals surface area contributed by atoms with E-state index in [2.05, 4.69) is 16.9 Å². The summed E-state index contributed by atoms with van der Waals surface area (Å²) in [6.07, 6.45) is 11.2. The number of fused-ring (bicyclic) bond motifs is 1. The van der Waals surface area contributed by atoms with Crippen LogP contribution in [0.3, 0.4) is 0 Å². The van der Waals surface area contributed by atoms with Crippen LogP contribution in [-0.2, 0) is 24.2 Å². The van der Waals surface area contributed by atoms with Gasteiger partial charge in [0.05, 0.1) is 18.4 Å². The van der Waals surface area contributed by atoms with Gasteiger partial charge in [0, 0.05) is 17.5 Å². The van der Waals surface area contributed by atoms with E-state index in [0.717, 1.165) is 29.2 Å².